The predicted molar refractivity (Wildman–Crippen MR) is 116 cm³/mol. The lowest BCUT2D eigenvalue weighted by Gasteiger charge is -2.26. The molecular weight excluding hydrogens is 446 g/mol. The highest BCUT2D eigenvalue weighted by Gasteiger charge is 2.09. The average molecular weight is 478 g/mol. The van der Waals surface area contributed by atoms with Crippen molar-refractivity contribution in [3.63, 3.8) is 0 Å². The van der Waals surface area contributed by atoms with Crippen molar-refractivity contribution in [3.05, 3.63) is 29.6 Å². The van der Waals surface area contributed by atoms with E-state index in [1.807, 2.05) is 19.9 Å². The molecule has 0 unspecified atom stereocenters. The number of hydrogen-bond acceptors (Lipinski definition) is 3. The standard InChI is InChI=1S/C19H31FN4O.HI/c1-3-21-19(22-10-13-24-11-6-5-7-12-24)23-15-16-8-9-18(25-4-2)17(20)14-16;/h8-9,14H,3-7,10-13,15H2,1-2H3,(H2,21,22,23);1H. The lowest BCUT2D eigenvalue weighted by molar-refractivity contribution is 0.232. The van der Waals surface area contributed by atoms with E-state index in [1.165, 1.54) is 38.4 Å². The van der Waals surface area contributed by atoms with Crippen LogP contribution in [0.2, 0.25) is 0 Å². The summed E-state index contributed by atoms with van der Waals surface area (Å²) >= 11 is 0. The number of likely N-dealkylation sites (tertiary alicyclic amines) is 1. The molecule has 0 atom stereocenters. The third-order valence-electron chi connectivity index (χ3n) is 4.23. The van der Waals surface area contributed by atoms with Gasteiger partial charge in [0.05, 0.1) is 13.2 Å². The summed E-state index contributed by atoms with van der Waals surface area (Å²) in [6, 6.07) is 5.01. The minimum atomic E-state index is -0.336. The Morgan fingerprint density at radius 2 is 1.96 bits per heavy atom. The molecule has 0 bridgehead atoms. The zero-order valence-electron chi connectivity index (χ0n) is 15.9. The maximum Gasteiger partial charge on any atom is 0.191 e. The van der Waals surface area contributed by atoms with Crippen LogP contribution in [0.4, 0.5) is 4.39 Å². The van der Waals surface area contributed by atoms with Crippen molar-refractivity contribution in [1.82, 2.24) is 15.5 Å². The fourth-order valence-corrected chi connectivity index (χ4v) is 2.94. The largest absolute Gasteiger partial charge is 0.491 e. The number of piperidine rings is 1. The Morgan fingerprint density at radius 3 is 2.62 bits per heavy atom. The zero-order chi connectivity index (χ0) is 17.9. The van der Waals surface area contributed by atoms with Gasteiger partial charge in [-0.25, -0.2) is 9.38 Å². The second-order valence-corrected chi connectivity index (χ2v) is 6.22. The van der Waals surface area contributed by atoms with E-state index < -0.39 is 0 Å². The van der Waals surface area contributed by atoms with Gasteiger partial charge in [-0.05, 0) is 57.5 Å². The summed E-state index contributed by atoms with van der Waals surface area (Å²) in [7, 11) is 0. The van der Waals surface area contributed by atoms with Gasteiger partial charge in [0.2, 0.25) is 0 Å². The Morgan fingerprint density at radius 1 is 1.19 bits per heavy atom. The van der Waals surface area contributed by atoms with E-state index in [9.17, 15) is 4.39 Å². The highest BCUT2D eigenvalue weighted by Crippen LogP contribution is 2.18. The third kappa shape index (κ3) is 8.07. The molecule has 0 radical (unpaired) electrons. The minimum Gasteiger partial charge on any atom is -0.491 e. The molecule has 26 heavy (non-hydrogen) atoms. The van der Waals surface area contributed by atoms with Gasteiger partial charge in [0.25, 0.3) is 0 Å². The molecule has 1 aromatic rings. The van der Waals surface area contributed by atoms with Crippen LogP contribution < -0.4 is 15.4 Å². The van der Waals surface area contributed by atoms with Crippen molar-refractivity contribution < 1.29 is 9.13 Å². The predicted octanol–water partition coefficient (Wildman–Crippen LogP) is 3.38. The maximum absolute atomic E-state index is 13.9. The average Bonchev–Trinajstić information content (AvgIpc) is 2.63. The molecule has 1 fully saturated rings. The van der Waals surface area contributed by atoms with Crippen LogP contribution in [0.3, 0.4) is 0 Å². The smallest absolute Gasteiger partial charge is 0.191 e. The van der Waals surface area contributed by atoms with E-state index in [1.54, 1.807) is 6.07 Å². The van der Waals surface area contributed by atoms with Crippen LogP contribution in [0, 0.1) is 5.82 Å². The van der Waals surface area contributed by atoms with Crippen LogP contribution in [0.25, 0.3) is 0 Å². The van der Waals surface area contributed by atoms with E-state index in [0.29, 0.717) is 18.9 Å². The first-order valence-electron chi connectivity index (χ1n) is 9.38. The molecule has 7 heteroatoms. The zero-order valence-corrected chi connectivity index (χ0v) is 18.2. The summed E-state index contributed by atoms with van der Waals surface area (Å²) in [4.78, 5) is 7.04. The summed E-state index contributed by atoms with van der Waals surface area (Å²) in [5.41, 5.74) is 0.828. The second-order valence-electron chi connectivity index (χ2n) is 6.22. The van der Waals surface area contributed by atoms with Crippen molar-refractivity contribution in [2.24, 2.45) is 4.99 Å². The summed E-state index contributed by atoms with van der Waals surface area (Å²) in [6.45, 7) is 9.86. The molecular formula is C19H32FIN4O. The molecule has 1 aromatic carbocycles. The molecule has 1 heterocycles. The van der Waals surface area contributed by atoms with Gasteiger partial charge in [0.15, 0.2) is 17.5 Å². The molecule has 5 nitrogen and oxygen atoms in total. The molecule has 0 aromatic heterocycles. The van der Waals surface area contributed by atoms with E-state index in [2.05, 4.69) is 20.5 Å². The monoisotopic (exact) mass is 478 g/mol. The minimum absolute atomic E-state index is 0. The van der Waals surface area contributed by atoms with Crippen molar-refractivity contribution >= 4 is 29.9 Å². The van der Waals surface area contributed by atoms with E-state index in [0.717, 1.165) is 31.2 Å². The van der Waals surface area contributed by atoms with E-state index in [-0.39, 0.29) is 29.8 Å². The molecule has 2 N–H and O–H groups in total. The first-order chi connectivity index (χ1) is 12.2. The third-order valence-corrected chi connectivity index (χ3v) is 4.23. The highest BCUT2D eigenvalue weighted by molar-refractivity contribution is 14.0. The molecule has 1 aliphatic heterocycles. The van der Waals surface area contributed by atoms with Crippen LogP contribution in [0.5, 0.6) is 5.75 Å². The number of nitrogens with one attached hydrogen (secondary N) is 2. The quantitative estimate of drug-likeness (QED) is 0.342. The maximum atomic E-state index is 13.9. The van der Waals surface area contributed by atoms with Crippen LogP contribution in [-0.4, -0.2) is 50.2 Å². The summed E-state index contributed by atoms with van der Waals surface area (Å²) in [5.74, 6) is 0.730. The first kappa shape index (κ1) is 23.0. The van der Waals surface area contributed by atoms with E-state index in [4.69, 9.17) is 4.74 Å². The molecule has 2 rings (SSSR count). The molecule has 0 saturated carbocycles. The van der Waals surface area contributed by atoms with Gasteiger partial charge in [0.1, 0.15) is 0 Å². The van der Waals surface area contributed by atoms with Gasteiger partial charge in [-0.1, -0.05) is 12.5 Å². The van der Waals surface area contributed by atoms with Crippen LogP contribution in [0.1, 0.15) is 38.7 Å². The number of ether oxygens (including phenoxy) is 1. The number of benzene rings is 1. The second kappa shape index (κ2) is 13.1. The fraction of sp³-hybridized carbons (Fsp3) is 0.632. The van der Waals surface area contributed by atoms with Crippen LogP contribution in [-0.2, 0) is 6.54 Å². The lowest BCUT2D eigenvalue weighted by Crippen LogP contribution is -2.42. The first-order valence-corrected chi connectivity index (χ1v) is 9.38. The summed E-state index contributed by atoms with van der Waals surface area (Å²) < 4.78 is 19.1. The molecule has 0 amide bonds. The molecule has 1 aliphatic rings. The van der Waals surface area contributed by atoms with Crippen molar-refractivity contribution in [2.75, 3.05) is 39.3 Å². The fourth-order valence-electron chi connectivity index (χ4n) is 2.94. The molecule has 1 saturated heterocycles. The van der Waals surface area contributed by atoms with E-state index >= 15 is 0 Å². The number of hydrogen-bond donors (Lipinski definition) is 2. The Hall–Kier alpha value is -1.09. The Kier molecular flexibility index (Phi) is 11.6. The Labute approximate surface area is 173 Å². The van der Waals surface area contributed by atoms with Crippen molar-refractivity contribution in [1.29, 1.82) is 0 Å². The Bertz CT molecular complexity index is 550. The molecule has 0 spiro atoms. The van der Waals surface area contributed by atoms with Crippen LogP contribution >= 0.6 is 24.0 Å². The van der Waals surface area contributed by atoms with Gasteiger partial charge in [0, 0.05) is 19.6 Å². The van der Waals surface area contributed by atoms with Gasteiger partial charge in [-0.3, -0.25) is 0 Å². The Balaban J connectivity index is 0.00000338. The molecule has 148 valence electrons. The number of aliphatic imine (C=N–C) groups is 1. The highest BCUT2D eigenvalue weighted by atomic mass is 127. The number of rotatable bonds is 8. The van der Waals surface area contributed by atoms with Crippen molar-refractivity contribution in [2.45, 2.75) is 39.7 Å². The SMILES string of the molecule is CCNC(=NCc1ccc(OCC)c(F)c1)NCCN1CCCCC1.I. The normalized spacial score (nSPS) is 15.3. The number of halogens is 2. The summed E-state index contributed by atoms with van der Waals surface area (Å²) in [5, 5.41) is 6.60. The summed E-state index contributed by atoms with van der Waals surface area (Å²) in [6.07, 6.45) is 3.96. The van der Waals surface area contributed by atoms with Gasteiger partial charge < -0.3 is 20.3 Å². The number of nitrogens with zero attached hydrogens (tertiary/aromatic N) is 2. The van der Waals surface area contributed by atoms with Gasteiger partial charge in [-0.2, -0.15) is 0 Å². The van der Waals surface area contributed by atoms with Crippen LogP contribution in [0.15, 0.2) is 23.2 Å². The topological polar surface area (TPSA) is 48.9 Å². The lowest BCUT2D eigenvalue weighted by atomic mass is 10.1. The van der Waals surface area contributed by atoms with Gasteiger partial charge >= 0.3 is 0 Å². The number of guanidine groups is 1. The molecule has 0 aliphatic carbocycles. The van der Waals surface area contributed by atoms with Crippen molar-refractivity contribution in [3.8, 4) is 5.75 Å². The van der Waals surface area contributed by atoms with Gasteiger partial charge in [-0.15, -0.1) is 24.0 Å².